The molecule has 0 aromatic heterocycles. The maximum absolute atomic E-state index is 11.0. The summed E-state index contributed by atoms with van der Waals surface area (Å²) in [7, 11) is 0. The first kappa shape index (κ1) is 15.5. The topological polar surface area (TPSA) is 81.9 Å². The van der Waals surface area contributed by atoms with Crippen LogP contribution in [0.25, 0.3) is 0 Å². The number of carboxylic acid groups (broad SMARTS) is 1. The molecule has 0 spiro atoms. The number of carbonyl (C=O) groups is 1. The second-order valence-corrected chi connectivity index (χ2v) is 5.76. The van der Waals surface area contributed by atoms with Crippen molar-refractivity contribution in [2.75, 3.05) is 5.43 Å². The average molecular weight is 414 g/mol. The van der Waals surface area contributed by atoms with Crippen LogP contribution in [0.4, 0.5) is 5.69 Å². The number of phenols is 1. The standard InChI is InChI=1S/C14H10Br2N2O3/c15-10-5-8(6-11(16)13(10)19)7-17-18-12-4-2-1-3-9(12)14(20)21/h1-7,18-19H,(H,20,21). The van der Waals surface area contributed by atoms with Gasteiger partial charge in [-0.25, -0.2) is 4.79 Å². The van der Waals surface area contributed by atoms with Crippen molar-refractivity contribution in [3.05, 3.63) is 56.5 Å². The number of halogens is 2. The van der Waals surface area contributed by atoms with Crippen molar-refractivity contribution in [3.8, 4) is 5.75 Å². The van der Waals surface area contributed by atoms with E-state index in [0.29, 0.717) is 14.6 Å². The molecule has 0 radical (unpaired) electrons. The molecule has 7 heteroatoms. The van der Waals surface area contributed by atoms with Gasteiger partial charge in [-0.3, -0.25) is 5.43 Å². The molecule has 0 bridgehead atoms. The van der Waals surface area contributed by atoms with Gasteiger partial charge in [0.2, 0.25) is 0 Å². The fourth-order valence-electron chi connectivity index (χ4n) is 1.60. The monoisotopic (exact) mass is 412 g/mol. The lowest BCUT2D eigenvalue weighted by Crippen LogP contribution is -2.02. The van der Waals surface area contributed by atoms with Crippen LogP contribution in [0, 0.1) is 0 Å². The Morgan fingerprint density at radius 1 is 1.19 bits per heavy atom. The molecule has 21 heavy (non-hydrogen) atoms. The summed E-state index contributed by atoms with van der Waals surface area (Å²) in [5.74, 6) is -0.917. The summed E-state index contributed by atoms with van der Waals surface area (Å²) < 4.78 is 1.06. The number of aromatic carboxylic acids is 1. The maximum Gasteiger partial charge on any atom is 0.337 e. The molecular formula is C14H10Br2N2O3. The number of hydrazone groups is 1. The predicted octanol–water partition coefficient (Wildman–Crippen LogP) is 4.06. The van der Waals surface area contributed by atoms with E-state index >= 15 is 0 Å². The van der Waals surface area contributed by atoms with E-state index in [-0.39, 0.29) is 11.3 Å². The molecule has 108 valence electrons. The number of para-hydroxylation sites is 1. The van der Waals surface area contributed by atoms with Gasteiger partial charge in [-0.05, 0) is 61.7 Å². The van der Waals surface area contributed by atoms with E-state index in [0.717, 1.165) is 5.56 Å². The van der Waals surface area contributed by atoms with Crippen LogP contribution in [0.1, 0.15) is 15.9 Å². The lowest BCUT2D eigenvalue weighted by Gasteiger charge is -2.05. The smallest absolute Gasteiger partial charge is 0.337 e. The van der Waals surface area contributed by atoms with Crippen molar-refractivity contribution in [3.63, 3.8) is 0 Å². The van der Waals surface area contributed by atoms with E-state index < -0.39 is 5.97 Å². The Morgan fingerprint density at radius 3 is 2.43 bits per heavy atom. The Labute approximate surface area is 137 Å². The molecule has 5 nitrogen and oxygen atoms in total. The molecule has 0 fully saturated rings. The lowest BCUT2D eigenvalue weighted by molar-refractivity contribution is 0.0698. The number of rotatable bonds is 4. The summed E-state index contributed by atoms with van der Waals surface area (Å²) in [4.78, 5) is 11.0. The SMILES string of the molecule is O=C(O)c1ccccc1NN=Cc1cc(Br)c(O)c(Br)c1. The number of hydrogen-bond donors (Lipinski definition) is 3. The summed E-state index contributed by atoms with van der Waals surface area (Å²) >= 11 is 6.45. The van der Waals surface area contributed by atoms with Crippen LogP contribution < -0.4 is 5.43 Å². The summed E-state index contributed by atoms with van der Waals surface area (Å²) in [5, 5.41) is 22.7. The van der Waals surface area contributed by atoms with Crippen LogP contribution in [0.2, 0.25) is 0 Å². The number of nitrogens with one attached hydrogen (secondary N) is 1. The molecular weight excluding hydrogens is 404 g/mol. The molecule has 2 aromatic rings. The Bertz CT molecular complexity index is 694. The highest BCUT2D eigenvalue weighted by Crippen LogP contribution is 2.32. The molecule has 0 saturated carbocycles. The Morgan fingerprint density at radius 2 is 1.81 bits per heavy atom. The van der Waals surface area contributed by atoms with Crippen LogP contribution in [0.5, 0.6) is 5.75 Å². The third kappa shape index (κ3) is 3.83. The first-order valence-corrected chi connectivity index (χ1v) is 7.37. The van der Waals surface area contributed by atoms with E-state index in [4.69, 9.17) is 5.11 Å². The summed E-state index contributed by atoms with van der Waals surface area (Å²) in [6, 6.07) is 9.87. The summed E-state index contributed by atoms with van der Waals surface area (Å²) in [5.41, 5.74) is 3.96. The van der Waals surface area contributed by atoms with Gasteiger partial charge >= 0.3 is 5.97 Å². The summed E-state index contributed by atoms with van der Waals surface area (Å²) in [6.07, 6.45) is 1.52. The second kappa shape index (κ2) is 6.73. The quantitative estimate of drug-likeness (QED) is 0.521. The molecule has 0 saturated heterocycles. The van der Waals surface area contributed by atoms with Gasteiger partial charge in [0.1, 0.15) is 5.75 Å². The van der Waals surface area contributed by atoms with Gasteiger partial charge < -0.3 is 10.2 Å². The second-order valence-electron chi connectivity index (χ2n) is 4.05. The van der Waals surface area contributed by atoms with Gasteiger partial charge in [-0.15, -0.1) is 0 Å². The van der Waals surface area contributed by atoms with Crippen molar-refractivity contribution >= 4 is 49.7 Å². The number of carboxylic acids is 1. The highest BCUT2D eigenvalue weighted by atomic mass is 79.9. The van der Waals surface area contributed by atoms with Crippen molar-refractivity contribution in [1.29, 1.82) is 0 Å². The van der Waals surface area contributed by atoms with E-state index in [1.54, 1.807) is 30.3 Å². The third-order valence-electron chi connectivity index (χ3n) is 2.60. The van der Waals surface area contributed by atoms with Crippen molar-refractivity contribution in [1.82, 2.24) is 0 Å². The van der Waals surface area contributed by atoms with Crippen LogP contribution in [0.3, 0.4) is 0 Å². The first-order chi connectivity index (χ1) is 9.99. The fraction of sp³-hybridized carbons (Fsp3) is 0. The fourth-order valence-corrected chi connectivity index (χ4v) is 2.82. The molecule has 3 N–H and O–H groups in total. The highest BCUT2D eigenvalue weighted by Gasteiger charge is 2.08. The van der Waals surface area contributed by atoms with Gasteiger partial charge in [0.25, 0.3) is 0 Å². The molecule has 0 amide bonds. The van der Waals surface area contributed by atoms with Gasteiger partial charge in [-0.1, -0.05) is 12.1 Å². The van der Waals surface area contributed by atoms with E-state index in [1.165, 1.54) is 12.3 Å². The Hall–Kier alpha value is -1.86. The zero-order valence-electron chi connectivity index (χ0n) is 10.5. The van der Waals surface area contributed by atoms with E-state index in [1.807, 2.05) is 0 Å². The summed E-state index contributed by atoms with van der Waals surface area (Å²) in [6.45, 7) is 0. The minimum atomic E-state index is -1.02. The maximum atomic E-state index is 11.0. The molecule has 0 heterocycles. The average Bonchev–Trinajstić information content (AvgIpc) is 2.45. The molecule has 0 unspecified atom stereocenters. The van der Waals surface area contributed by atoms with Crippen molar-refractivity contribution in [2.24, 2.45) is 5.10 Å². The molecule has 0 aliphatic rings. The molecule has 2 rings (SSSR count). The van der Waals surface area contributed by atoms with E-state index in [2.05, 4.69) is 42.4 Å². The van der Waals surface area contributed by atoms with E-state index in [9.17, 15) is 9.90 Å². The Kier molecular flexibility index (Phi) is 4.98. The first-order valence-electron chi connectivity index (χ1n) is 5.78. The predicted molar refractivity (Wildman–Crippen MR) is 88.1 cm³/mol. The molecule has 2 aromatic carbocycles. The minimum absolute atomic E-state index is 0.108. The Balaban J connectivity index is 2.19. The number of benzene rings is 2. The third-order valence-corrected chi connectivity index (χ3v) is 3.80. The zero-order valence-corrected chi connectivity index (χ0v) is 13.7. The molecule has 0 aliphatic carbocycles. The zero-order chi connectivity index (χ0) is 15.4. The van der Waals surface area contributed by atoms with Gasteiger partial charge in [0, 0.05) is 0 Å². The number of nitrogens with zero attached hydrogens (tertiary/aromatic N) is 1. The largest absolute Gasteiger partial charge is 0.506 e. The van der Waals surface area contributed by atoms with Crippen LogP contribution in [-0.4, -0.2) is 22.4 Å². The van der Waals surface area contributed by atoms with Crippen molar-refractivity contribution < 1.29 is 15.0 Å². The number of hydrogen-bond acceptors (Lipinski definition) is 4. The van der Waals surface area contributed by atoms with Crippen LogP contribution in [0.15, 0.2) is 50.4 Å². The van der Waals surface area contributed by atoms with Gasteiger partial charge in [0.05, 0.1) is 26.4 Å². The molecule has 0 atom stereocenters. The van der Waals surface area contributed by atoms with Gasteiger partial charge in [0.15, 0.2) is 0 Å². The normalized spacial score (nSPS) is 10.8. The van der Waals surface area contributed by atoms with Crippen LogP contribution in [-0.2, 0) is 0 Å². The number of phenolic OH excluding ortho intramolecular Hbond substituents is 1. The molecule has 0 aliphatic heterocycles. The highest BCUT2D eigenvalue weighted by molar-refractivity contribution is 9.11. The number of anilines is 1. The minimum Gasteiger partial charge on any atom is -0.506 e. The lowest BCUT2D eigenvalue weighted by atomic mass is 10.2. The van der Waals surface area contributed by atoms with Gasteiger partial charge in [-0.2, -0.15) is 5.10 Å². The van der Waals surface area contributed by atoms with Crippen molar-refractivity contribution in [2.45, 2.75) is 0 Å². The number of aromatic hydroxyl groups is 1. The van der Waals surface area contributed by atoms with Crippen LogP contribution >= 0.6 is 31.9 Å².